The van der Waals surface area contributed by atoms with Crippen LogP contribution in [0.2, 0.25) is 0 Å². The molecule has 6 rings (SSSR count). The summed E-state index contributed by atoms with van der Waals surface area (Å²) in [5, 5.41) is 32.0. The molecule has 23 heteroatoms. The number of aromatic nitrogens is 6. The van der Waals surface area contributed by atoms with Gasteiger partial charge in [0.15, 0.2) is 18.1 Å². The van der Waals surface area contributed by atoms with E-state index >= 15 is 0 Å². The van der Waals surface area contributed by atoms with Crippen LogP contribution in [0.4, 0.5) is 11.8 Å². The summed E-state index contributed by atoms with van der Waals surface area (Å²) in [6.07, 6.45) is -7.75. The fourth-order valence-electron chi connectivity index (χ4n) is 5.37. The number of aromatic amines is 1. The van der Waals surface area contributed by atoms with E-state index in [-0.39, 0.29) is 28.4 Å². The van der Waals surface area contributed by atoms with Crippen LogP contribution < -0.4 is 17.0 Å². The van der Waals surface area contributed by atoms with Crippen LogP contribution in [0, 0.1) is 0 Å². The third-order valence-electron chi connectivity index (χ3n) is 7.38. The van der Waals surface area contributed by atoms with Crippen molar-refractivity contribution in [2.24, 2.45) is 0 Å². The maximum absolute atomic E-state index is 13.2. The third kappa shape index (κ3) is 5.89. The number of H-pyrrole nitrogens is 1. The molecule has 0 aromatic carbocycles. The van der Waals surface area contributed by atoms with Crippen molar-refractivity contribution in [2.45, 2.75) is 49.1 Å². The number of anilines is 2. The first kappa shape index (κ1) is 31.7. The van der Waals surface area contributed by atoms with Crippen molar-refractivity contribution in [2.75, 3.05) is 24.7 Å². The largest absolute Gasteiger partial charge is 0.472 e. The Morgan fingerprint density at radius 1 is 1.02 bits per heavy atom. The maximum Gasteiger partial charge on any atom is 0.472 e. The van der Waals surface area contributed by atoms with Crippen LogP contribution >= 0.6 is 16.1 Å². The minimum atomic E-state index is -5.13. The van der Waals surface area contributed by atoms with Gasteiger partial charge in [-0.05, 0) is 12.1 Å². The number of nitrogens with one attached hydrogen (secondary N) is 1. The lowest BCUT2D eigenvalue weighted by atomic mass is 10.1. The van der Waals surface area contributed by atoms with Crippen LogP contribution in [0.5, 0.6) is 0 Å². The lowest BCUT2D eigenvalue weighted by Gasteiger charge is -2.25. The Morgan fingerprint density at radius 2 is 1.71 bits per heavy atom. The van der Waals surface area contributed by atoms with Gasteiger partial charge < -0.3 is 59.7 Å². The molecule has 0 saturated carbocycles. The number of ether oxygens (including phenoxy) is 2. The molecular formula is C22H28N8O13P2. The molecule has 244 valence electrons. The maximum atomic E-state index is 13.2. The van der Waals surface area contributed by atoms with Gasteiger partial charge in [-0.15, -0.1) is 0 Å². The van der Waals surface area contributed by atoms with E-state index in [0.717, 1.165) is 0 Å². The minimum Gasteiger partial charge on any atom is -0.394 e. The summed E-state index contributed by atoms with van der Waals surface area (Å²) < 4.78 is 54.3. The zero-order valence-corrected chi connectivity index (χ0v) is 24.7. The Balaban J connectivity index is 1.22. The van der Waals surface area contributed by atoms with Crippen molar-refractivity contribution in [3.8, 4) is 0 Å². The molecule has 0 spiro atoms. The molecule has 10 atom stereocenters. The number of nitrogens with two attached hydrogens (primary N) is 2. The molecule has 2 fully saturated rings. The predicted molar refractivity (Wildman–Crippen MR) is 150 cm³/mol. The quantitative estimate of drug-likeness (QED) is 0.0853. The van der Waals surface area contributed by atoms with Gasteiger partial charge in [-0.25, -0.2) is 14.5 Å². The normalized spacial score (nSPS) is 30.7. The molecule has 0 bridgehead atoms. The fourth-order valence-corrected chi connectivity index (χ4v) is 6.82. The number of hydrogen-bond acceptors (Lipinski definition) is 16. The van der Waals surface area contributed by atoms with Crippen molar-refractivity contribution in [3.63, 3.8) is 0 Å². The van der Waals surface area contributed by atoms with Gasteiger partial charge >= 0.3 is 16.1 Å². The Labute approximate surface area is 251 Å². The van der Waals surface area contributed by atoms with Crippen LogP contribution in [0.15, 0.2) is 35.6 Å². The Morgan fingerprint density at radius 3 is 2.42 bits per heavy atom. The van der Waals surface area contributed by atoms with Gasteiger partial charge in [-0.2, -0.15) is 4.98 Å². The van der Waals surface area contributed by atoms with E-state index in [9.17, 15) is 39.0 Å². The van der Waals surface area contributed by atoms with E-state index in [1.54, 1.807) is 6.07 Å². The zero-order valence-electron chi connectivity index (χ0n) is 22.8. The van der Waals surface area contributed by atoms with E-state index in [1.165, 1.54) is 33.9 Å². The summed E-state index contributed by atoms with van der Waals surface area (Å²) in [6.45, 7) is -1.52. The lowest BCUT2D eigenvalue weighted by Crippen LogP contribution is -2.36. The molecule has 21 nitrogen and oxygen atoms in total. The number of fused-ring (bicyclic) bond motifs is 2. The molecule has 2 aliphatic rings. The average Bonchev–Trinajstić information content (AvgIpc) is 3.73. The third-order valence-corrected chi connectivity index (χ3v) is 8.84. The highest BCUT2D eigenvalue weighted by atomic mass is 31.2. The first-order chi connectivity index (χ1) is 21.4. The number of aliphatic hydroxyl groups excluding tert-OH is 3. The van der Waals surface area contributed by atoms with Crippen LogP contribution in [0.25, 0.3) is 22.1 Å². The highest BCUT2D eigenvalue weighted by Crippen LogP contribution is 2.50. The van der Waals surface area contributed by atoms with E-state index < -0.39 is 83.9 Å². The molecule has 0 radical (unpaired) electrons. The van der Waals surface area contributed by atoms with Gasteiger partial charge in [0, 0.05) is 12.4 Å². The SMILES string of the molecule is Nc1nc2c(ccn2[C@@H]2O[C@H](CO)[C@@H](O)[C@H]2OP(=O)(O)OC[C@H]2O[C@@H](n3ccc4c(N)ncnc43)[C@H](O)C2O[PH](=O)O)c(=O)[nH]1. The number of rotatable bonds is 10. The van der Waals surface area contributed by atoms with Gasteiger partial charge in [-0.3, -0.25) is 23.4 Å². The summed E-state index contributed by atoms with van der Waals surface area (Å²) >= 11 is 0. The Hall–Kier alpha value is -3.30. The molecule has 10 N–H and O–H groups in total. The second-order valence-electron chi connectivity index (χ2n) is 10.1. The number of aliphatic hydroxyl groups is 3. The lowest BCUT2D eigenvalue weighted by molar-refractivity contribution is -0.0606. The predicted octanol–water partition coefficient (Wildman–Crippen LogP) is -1.89. The summed E-state index contributed by atoms with van der Waals surface area (Å²) in [5.41, 5.74) is 11.2. The molecule has 3 unspecified atom stereocenters. The number of hydrogen-bond donors (Lipinski definition) is 8. The van der Waals surface area contributed by atoms with Crippen molar-refractivity contribution in [1.29, 1.82) is 0 Å². The summed E-state index contributed by atoms with van der Waals surface area (Å²) in [7, 11) is -8.78. The molecule has 0 amide bonds. The van der Waals surface area contributed by atoms with Gasteiger partial charge in [0.05, 0.1) is 24.0 Å². The highest BCUT2D eigenvalue weighted by molar-refractivity contribution is 7.47. The molecular weight excluding hydrogens is 646 g/mol. The van der Waals surface area contributed by atoms with Gasteiger partial charge in [0.25, 0.3) is 5.56 Å². The highest BCUT2D eigenvalue weighted by Gasteiger charge is 2.51. The first-order valence-corrected chi connectivity index (χ1v) is 15.9. The number of phosphoric ester groups is 1. The topological polar surface area (TPSA) is 315 Å². The van der Waals surface area contributed by atoms with Crippen molar-refractivity contribution < 1.29 is 57.3 Å². The van der Waals surface area contributed by atoms with Crippen LogP contribution in [0.3, 0.4) is 0 Å². The number of nitrogens with zero attached hydrogens (tertiary/aromatic N) is 5. The minimum absolute atomic E-state index is 0.00232. The van der Waals surface area contributed by atoms with E-state index in [0.29, 0.717) is 5.39 Å². The average molecular weight is 674 g/mol. The number of phosphoric acid groups is 1. The summed E-state index contributed by atoms with van der Waals surface area (Å²) in [5.74, 6) is -0.0853. The van der Waals surface area contributed by atoms with E-state index in [2.05, 4.69) is 19.9 Å². The Kier molecular flexibility index (Phi) is 8.54. The second kappa shape index (κ2) is 12.1. The molecule has 2 aliphatic heterocycles. The molecule has 45 heavy (non-hydrogen) atoms. The second-order valence-corrected chi connectivity index (χ2v) is 12.3. The molecule has 6 heterocycles. The van der Waals surface area contributed by atoms with Gasteiger partial charge in [0.2, 0.25) is 5.95 Å². The van der Waals surface area contributed by atoms with Crippen LogP contribution in [-0.2, 0) is 32.2 Å². The van der Waals surface area contributed by atoms with Crippen LogP contribution in [-0.4, -0.2) is 104 Å². The van der Waals surface area contributed by atoms with Crippen LogP contribution in [0.1, 0.15) is 12.5 Å². The standard InChI is InChI=1S/C22H28N8O13P2/c23-16-8-1-3-29(17(8)26-7-25-16)20-13(33)14(42-44(35)36)11(41-20)6-39-45(37,38)43-15-12(32)10(5-31)40-21(15)30-4-2-9-18(30)27-22(24)28-19(9)34/h1-4,7,10-15,20-21,31-33,44H,5-6H2,(H,35,36)(H,37,38)(H2,23,25,26)(H3,24,27,28,34)/t10-,11-,12-,13-,14?,15-,20-,21-/m1/s1. The van der Waals surface area contributed by atoms with E-state index in [4.69, 9.17) is 34.5 Å². The van der Waals surface area contributed by atoms with E-state index in [1.807, 2.05) is 0 Å². The Bertz CT molecular complexity index is 1850. The number of nitrogen functional groups attached to an aromatic ring is 2. The summed E-state index contributed by atoms with van der Waals surface area (Å²) in [6, 6.07) is 2.93. The van der Waals surface area contributed by atoms with Gasteiger partial charge in [-0.1, -0.05) is 0 Å². The smallest absolute Gasteiger partial charge is 0.394 e. The first-order valence-electron chi connectivity index (χ1n) is 13.1. The molecule has 0 aliphatic carbocycles. The molecule has 4 aromatic rings. The molecule has 4 aromatic heterocycles. The van der Waals surface area contributed by atoms with Crippen molar-refractivity contribution >= 4 is 49.9 Å². The summed E-state index contributed by atoms with van der Waals surface area (Å²) in [4.78, 5) is 46.8. The van der Waals surface area contributed by atoms with Crippen molar-refractivity contribution in [1.82, 2.24) is 29.1 Å². The van der Waals surface area contributed by atoms with Gasteiger partial charge in [0.1, 0.15) is 54.4 Å². The zero-order chi connectivity index (χ0) is 32.2. The fraction of sp³-hybridized carbons (Fsp3) is 0.455. The van der Waals surface area contributed by atoms with Crippen molar-refractivity contribution in [3.05, 3.63) is 41.2 Å². The monoisotopic (exact) mass is 674 g/mol. The molecule has 2 saturated heterocycles.